The zero-order valence-corrected chi connectivity index (χ0v) is 19.0. The zero-order valence-electron chi connectivity index (χ0n) is 16.2. The molecule has 0 aromatic rings. The van der Waals surface area contributed by atoms with Gasteiger partial charge in [-0.1, -0.05) is 71.6 Å². The first-order valence-corrected chi connectivity index (χ1v) is 10.7. The average molecular weight is 390 g/mol. The van der Waals surface area contributed by atoms with E-state index in [4.69, 9.17) is 14.0 Å². The zero-order chi connectivity index (χ0) is 18.3. The van der Waals surface area contributed by atoms with Gasteiger partial charge in [-0.2, -0.15) is 8.42 Å². The van der Waals surface area contributed by atoms with Crippen LogP contribution in [-0.2, 0) is 19.6 Å². The van der Waals surface area contributed by atoms with E-state index in [0.29, 0.717) is 0 Å². The molecule has 25 heavy (non-hydrogen) atoms. The molecule has 0 aliphatic heterocycles. The summed E-state index contributed by atoms with van der Waals surface area (Å²) < 4.78 is 40.4. The Morgan fingerprint density at radius 3 is 1.80 bits per heavy atom. The van der Waals surface area contributed by atoms with Crippen molar-refractivity contribution < 1.29 is 56.8 Å². The maximum absolute atomic E-state index is 11.3. The number of rotatable bonds is 15. The van der Waals surface area contributed by atoms with Gasteiger partial charge in [-0.3, -0.25) is 4.55 Å². The Hall–Kier alpha value is 0.180. The molecule has 0 rings (SSSR count). The van der Waals surface area contributed by atoms with Crippen molar-refractivity contribution in [1.29, 1.82) is 0 Å². The van der Waals surface area contributed by atoms with Gasteiger partial charge in [0.05, 0.1) is 6.61 Å². The molecule has 0 aromatic carbocycles. The van der Waals surface area contributed by atoms with Crippen molar-refractivity contribution in [3.8, 4) is 0 Å². The largest absolute Gasteiger partial charge is 1.00 e. The summed E-state index contributed by atoms with van der Waals surface area (Å²) in [6.07, 6.45) is 11.2. The van der Waals surface area contributed by atoms with Crippen LogP contribution in [0.1, 0.15) is 84.5 Å². The van der Waals surface area contributed by atoms with Crippen molar-refractivity contribution in [2.45, 2.75) is 89.7 Å². The quantitative estimate of drug-likeness (QED) is 0.199. The molecule has 0 radical (unpaired) electrons. The van der Waals surface area contributed by atoms with Crippen LogP contribution in [0.3, 0.4) is 0 Å². The molecule has 0 aliphatic rings. The first-order valence-electron chi connectivity index (χ1n) is 9.17. The molecule has 0 heterocycles. The summed E-state index contributed by atoms with van der Waals surface area (Å²) in [4.78, 5) is 11.3. The molecular formula is C17H34NaO6S+. The molecule has 0 amide bonds. The smallest absolute Gasteiger partial charge is 0.434 e. The minimum atomic E-state index is -4.19. The van der Waals surface area contributed by atoms with Crippen molar-refractivity contribution in [1.82, 2.24) is 0 Å². The number of carbonyl (C=O) groups excluding carboxylic acids is 1. The van der Waals surface area contributed by atoms with E-state index >= 15 is 0 Å². The molecule has 0 saturated heterocycles. The second kappa shape index (κ2) is 17.6. The molecular weight excluding hydrogens is 355 g/mol. The molecule has 1 atom stereocenters. The minimum absolute atomic E-state index is 0. The summed E-state index contributed by atoms with van der Waals surface area (Å²) in [6, 6.07) is 0. The topological polar surface area (TPSA) is 89.9 Å². The fourth-order valence-corrected chi connectivity index (χ4v) is 3.02. The number of carbonyl (C=O) groups is 1. The molecule has 8 heteroatoms. The summed E-state index contributed by atoms with van der Waals surface area (Å²) in [5.41, 5.74) is 0. The van der Waals surface area contributed by atoms with Crippen LogP contribution in [-0.4, -0.2) is 37.6 Å². The number of unbranched alkanes of at least 4 members (excludes halogenated alkanes) is 9. The molecule has 1 N–H and O–H groups in total. The van der Waals surface area contributed by atoms with E-state index in [1.165, 1.54) is 44.9 Å². The fourth-order valence-electron chi connectivity index (χ4n) is 2.36. The summed E-state index contributed by atoms with van der Waals surface area (Å²) in [5.74, 6) is 0. The summed E-state index contributed by atoms with van der Waals surface area (Å²) in [6.45, 7) is 3.70. The molecule has 0 aliphatic carbocycles. The number of ether oxygens (including phenoxy) is 2. The maximum atomic E-state index is 11.3. The van der Waals surface area contributed by atoms with Crippen LogP contribution in [0.2, 0.25) is 0 Å². The van der Waals surface area contributed by atoms with E-state index < -0.39 is 21.5 Å². The fraction of sp³-hybridized carbons (Fsp3) is 0.941. The van der Waals surface area contributed by atoms with Gasteiger partial charge in [0.1, 0.15) is 11.9 Å². The summed E-state index contributed by atoms with van der Waals surface area (Å²) >= 11 is 0. The SMILES string of the molecule is CCCCCCCCCCCCOC(=O)OCC(CC)S(=O)(=O)O.[Na+]. The Labute approximate surface area is 175 Å². The molecule has 1 unspecified atom stereocenters. The van der Waals surface area contributed by atoms with Gasteiger partial charge >= 0.3 is 35.7 Å². The van der Waals surface area contributed by atoms with Gasteiger partial charge in [-0.15, -0.1) is 0 Å². The first kappa shape index (κ1) is 27.4. The van der Waals surface area contributed by atoms with Crippen LogP contribution < -0.4 is 29.6 Å². The Morgan fingerprint density at radius 2 is 1.36 bits per heavy atom. The molecule has 0 aromatic heterocycles. The van der Waals surface area contributed by atoms with Gasteiger partial charge in [0.15, 0.2) is 0 Å². The third-order valence-electron chi connectivity index (χ3n) is 3.98. The Bertz CT molecular complexity index is 413. The van der Waals surface area contributed by atoms with Gasteiger partial charge in [0, 0.05) is 0 Å². The van der Waals surface area contributed by atoms with Crippen molar-refractivity contribution in [2.75, 3.05) is 13.2 Å². The predicted molar refractivity (Wildman–Crippen MR) is 94.8 cm³/mol. The van der Waals surface area contributed by atoms with E-state index in [-0.39, 0.29) is 49.2 Å². The minimum Gasteiger partial charge on any atom is -0.434 e. The molecule has 0 saturated carbocycles. The van der Waals surface area contributed by atoms with Crippen LogP contribution in [0, 0.1) is 0 Å². The van der Waals surface area contributed by atoms with Gasteiger partial charge in [0.2, 0.25) is 0 Å². The van der Waals surface area contributed by atoms with E-state index in [1.807, 2.05) is 0 Å². The van der Waals surface area contributed by atoms with Crippen LogP contribution in [0.4, 0.5) is 4.79 Å². The predicted octanol–water partition coefficient (Wildman–Crippen LogP) is 1.73. The van der Waals surface area contributed by atoms with Crippen LogP contribution in [0.15, 0.2) is 0 Å². The molecule has 6 nitrogen and oxygen atoms in total. The summed E-state index contributed by atoms with van der Waals surface area (Å²) in [5, 5.41) is -1.10. The monoisotopic (exact) mass is 389 g/mol. The van der Waals surface area contributed by atoms with E-state index in [2.05, 4.69) is 6.92 Å². The normalized spacial score (nSPS) is 12.3. The van der Waals surface area contributed by atoms with Crippen LogP contribution >= 0.6 is 0 Å². The van der Waals surface area contributed by atoms with Gasteiger partial charge in [0.25, 0.3) is 10.1 Å². The third-order valence-corrected chi connectivity index (χ3v) is 5.29. The second-order valence-corrected chi connectivity index (χ2v) is 7.83. The van der Waals surface area contributed by atoms with Crippen molar-refractivity contribution in [3.05, 3.63) is 0 Å². The Kier molecular flexibility index (Phi) is 19.3. The summed E-state index contributed by atoms with van der Waals surface area (Å²) in [7, 11) is -4.19. The maximum Gasteiger partial charge on any atom is 1.00 e. The van der Waals surface area contributed by atoms with Gasteiger partial charge in [-0.05, 0) is 12.8 Å². The molecule has 144 valence electrons. The standard InChI is InChI=1S/C17H34O6S.Na/c1-3-5-6-7-8-9-10-11-12-13-14-22-17(18)23-15-16(4-2)24(19,20)21;/h16H,3-15H2,1-2H3,(H,19,20,21);/q;+1. The number of hydrogen-bond acceptors (Lipinski definition) is 5. The van der Waals surface area contributed by atoms with Crippen LogP contribution in [0.5, 0.6) is 0 Å². The number of hydrogen-bond donors (Lipinski definition) is 1. The van der Waals surface area contributed by atoms with Gasteiger partial charge < -0.3 is 9.47 Å². The van der Waals surface area contributed by atoms with Crippen molar-refractivity contribution in [3.63, 3.8) is 0 Å². The second-order valence-electron chi connectivity index (χ2n) is 6.14. The van der Waals surface area contributed by atoms with Crippen molar-refractivity contribution >= 4 is 16.3 Å². The van der Waals surface area contributed by atoms with E-state index in [0.717, 1.165) is 19.3 Å². The Morgan fingerprint density at radius 1 is 0.880 bits per heavy atom. The first-order chi connectivity index (χ1) is 11.4. The Balaban J connectivity index is 0. The third kappa shape index (κ3) is 17.4. The van der Waals surface area contributed by atoms with E-state index in [1.54, 1.807) is 6.92 Å². The van der Waals surface area contributed by atoms with Crippen molar-refractivity contribution in [2.24, 2.45) is 0 Å². The molecule has 0 spiro atoms. The van der Waals surface area contributed by atoms with Gasteiger partial charge in [-0.25, -0.2) is 4.79 Å². The molecule has 0 bridgehead atoms. The van der Waals surface area contributed by atoms with E-state index in [9.17, 15) is 13.2 Å². The average Bonchev–Trinajstić information content (AvgIpc) is 2.52. The van der Waals surface area contributed by atoms with Crippen LogP contribution in [0.25, 0.3) is 0 Å². The molecule has 0 fully saturated rings.